The zero-order valence-corrected chi connectivity index (χ0v) is 18.1. The number of carbonyl (C=O) groups excluding carboxylic acids is 1. The Bertz CT molecular complexity index is 654. The molecule has 1 amide bonds. The maximum absolute atomic E-state index is 11.9. The fraction of sp³-hybridized carbons (Fsp3) is 0.789. The zero-order chi connectivity index (χ0) is 21.1. The molecule has 0 radical (unpaired) electrons. The van der Waals surface area contributed by atoms with Gasteiger partial charge in [-0.25, -0.2) is 9.79 Å². The average molecular weight is 410 g/mol. The lowest BCUT2D eigenvalue weighted by atomic mass is 10.1. The molecule has 1 aliphatic heterocycles. The molecule has 0 aliphatic carbocycles. The number of amides is 1. The van der Waals surface area contributed by atoms with E-state index in [0.717, 1.165) is 56.6 Å². The summed E-state index contributed by atoms with van der Waals surface area (Å²) in [5.41, 5.74) is 0. The molecule has 1 saturated heterocycles. The van der Waals surface area contributed by atoms with Crippen LogP contribution >= 0.6 is 0 Å². The molecule has 0 spiro atoms. The molecule has 1 fully saturated rings. The van der Waals surface area contributed by atoms with E-state index in [0.29, 0.717) is 26.2 Å². The minimum Gasteiger partial charge on any atom is -0.450 e. The summed E-state index contributed by atoms with van der Waals surface area (Å²) in [5, 5.41) is 15.1. The number of hydrogen-bond acceptors (Lipinski definition) is 6. The number of nitrogens with one attached hydrogen (secondary N) is 2. The van der Waals surface area contributed by atoms with Crippen LogP contribution in [0.25, 0.3) is 0 Å². The Labute approximate surface area is 173 Å². The number of aryl methyl sites for hydroxylation is 1. The van der Waals surface area contributed by atoms with Gasteiger partial charge in [0.05, 0.1) is 6.61 Å². The van der Waals surface area contributed by atoms with E-state index in [4.69, 9.17) is 9.47 Å². The van der Waals surface area contributed by atoms with Crippen LogP contribution in [-0.2, 0) is 23.1 Å². The van der Waals surface area contributed by atoms with Gasteiger partial charge in [-0.15, -0.1) is 10.2 Å². The van der Waals surface area contributed by atoms with Gasteiger partial charge in [0.1, 0.15) is 12.4 Å². The minimum absolute atomic E-state index is 0.230. The Hall–Kier alpha value is -2.36. The van der Waals surface area contributed by atoms with Gasteiger partial charge in [0.15, 0.2) is 11.8 Å². The summed E-state index contributed by atoms with van der Waals surface area (Å²) >= 11 is 0. The predicted molar refractivity (Wildman–Crippen MR) is 111 cm³/mol. The zero-order valence-electron chi connectivity index (χ0n) is 18.1. The molecule has 1 aromatic heterocycles. The monoisotopic (exact) mass is 409 g/mol. The Balaban J connectivity index is 1.90. The average Bonchev–Trinajstić information content (AvgIpc) is 3.04. The van der Waals surface area contributed by atoms with Crippen LogP contribution in [0.4, 0.5) is 4.79 Å². The highest BCUT2D eigenvalue weighted by atomic mass is 16.6. The van der Waals surface area contributed by atoms with E-state index in [1.807, 2.05) is 32.4 Å². The summed E-state index contributed by atoms with van der Waals surface area (Å²) in [5.74, 6) is 2.42. The molecule has 0 aromatic carbocycles. The Morgan fingerprint density at radius 3 is 2.62 bits per heavy atom. The van der Waals surface area contributed by atoms with Crippen LogP contribution < -0.4 is 10.6 Å². The van der Waals surface area contributed by atoms with Crippen molar-refractivity contribution < 1.29 is 14.3 Å². The van der Waals surface area contributed by atoms with Gasteiger partial charge < -0.3 is 29.6 Å². The highest BCUT2D eigenvalue weighted by molar-refractivity contribution is 5.80. The summed E-state index contributed by atoms with van der Waals surface area (Å²) in [7, 11) is 1.94. The highest BCUT2D eigenvalue weighted by Gasteiger charge is 2.24. The molecule has 2 rings (SSSR count). The van der Waals surface area contributed by atoms with Gasteiger partial charge in [-0.1, -0.05) is 0 Å². The van der Waals surface area contributed by atoms with E-state index in [2.05, 4.69) is 25.8 Å². The Kier molecular flexibility index (Phi) is 9.69. The van der Waals surface area contributed by atoms with Crippen LogP contribution in [0.1, 0.15) is 44.8 Å². The van der Waals surface area contributed by atoms with Crippen molar-refractivity contribution in [3.63, 3.8) is 0 Å². The lowest BCUT2D eigenvalue weighted by Crippen LogP contribution is -2.50. The quantitative estimate of drug-likeness (QED) is 0.359. The largest absolute Gasteiger partial charge is 0.450 e. The molecule has 0 saturated carbocycles. The van der Waals surface area contributed by atoms with Crippen molar-refractivity contribution in [2.75, 3.05) is 39.5 Å². The molecule has 10 heteroatoms. The summed E-state index contributed by atoms with van der Waals surface area (Å²) in [6, 6.07) is 0.250. The van der Waals surface area contributed by atoms with E-state index in [-0.39, 0.29) is 12.1 Å². The number of hydrogen-bond donors (Lipinski definition) is 2. The second-order valence-corrected chi connectivity index (χ2v) is 6.97. The van der Waals surface area contributed by atoms with E-state index in [1.165, 1.54) is 0 Å². The first-order chi connectivity index (χ1) is 14.0. The van der Waals surface area contributed by atoms with Gasteiger partial charge in [0.2, 0.25) is 0 Å². The first-order valence-corrected chi connectivity index (χ1v) is 10.4. The van der Waals surface area contributed by atoms with Gasteiger partial charge >= 0.3 is 6.09 Å². The van der Waals surface area contributed by atoms with Crippen molar-refractivity contribution in [3.05, 3.63) is 11.6 Å². The smallest absolute Gasteiger partial charge is 0.409 e. The molecule has 1 aliphatic rings. The fourth-order valence-corrected chi connectivity index (χ4v) is 3.03. The maximum atomic E-state index is 11.9. The van der Waals surface area contributed by atoms with E-state index in [9.17, 15) is 4.79 Å². The molecule has 0 unspecified atom stereocenters. The number of likely N-dealkylation sites (tertiary alicyclic amines) is 1. The molecule has 29 heavy (non-hydrogen) atoms. The first kappa shape index (κ1) is 22.9. The second kappa shape index (κ2) is 12.3. The lowest BCUT2D eigenvalue weighted by molar-refractivity contribution is 0.0963. The van der Waals surface area contributed by atoms with Crippen LogP contribution in [0.2, 0.25) is 0 Å². The van der Waals surface area contributed by atoms with Crippen molar-refractivity contribution in [3.8, 4) is 0 Å². The van der Waals surface area contributed by atoms with Gasteiger partial charge in [0, 0.05) is 45.9 Å². The normalized spacial score (nSPS) is 15.4. The molecule has 2 N–H and O–H groups in total. The summed E-state index contributed by atoms with van der Waals surface area (Å²) < 4.78 is 12.4. The van der Waals surface area contributed by atoms with E-state index >= 15 is 0 Å². The van der Waals surface area contributed by atoms with Gasteiger partial charge in [-0.3, -0.25) is 0 Å². The topological polar surface area (TPSA) is 106 Å². The third kappa shape index (κ3) is 7.52. The fourth-order valence-electron chi connectivity index (χ4n) is 3.03. The highest BCUT2D eigenvalue weighted by Crippen LogP contribution is 2.11. The number of aromatic nitrogens is 3. The second-order valence-electron chi connectivity index (χ2n) is 6.97. The number of rotatable bonds is 9. The molecule has 0 atom stereocenters. The summed E-state index contributed by atoms with van der Waals surface area (Å²) in [6.45, 7) is 10.2. The molecule has 0 bridgehead atoms. The van der Waals surface area contributed by atoms with Gasteiger partial charge in [-0.05, 0) is 40.0 Å². The van der Waals surface area contributed by atoms with Gasteiger partial charge in [0.25, 0.3) is 0 Å². The van der Waals surface area contributed by atoms with Gasteiger partial charge in [-0.2, -0.15) is 0 Å². The van der Waals surface area contributed by atoms with Crippen molar-refractivity contribution in [2.45, 2.75) is 52.6 Å². The number of piperidine rings is 1. The Morgan fingerprint density at radius 1 is 1.24 bits per heavy atom. The number of ether oxygens (including phenoxy) is 2. The van der Waals surface area contributed by atoms with Crippen LogP contribution in [0.3, 0.4) is 0 Å². The van der Waals surface area contributed by atoms with E-state index in [1.54, 1.807) is 4.90 Å². The van der Waals surface area contributed by atoms with Crippen LogP contribution in [0.5, 0.6) is 0 Å². The predicted octanol–water partition coefficient (Wildman–Crippen LogP) is 1.21. The first-order valence-electron chi connectivity index (χ1n) is 10.4. The molecule has 2 heterocycles. The molecule has 10 nitrogen and oxygen atoms in total. The maximum Gasteiger partial charge on any atom is 0.409 e. The third-order valence-electron chi connectivity index (χ3n) is 4.89. The van der Waals surface area contributed by atoms with Crippen molar-refractivity contribution in [2.24, 2.45) is 12.0 Å². The van der Waals surface area contributed by atoms with Crippen molar-refractivity contribution >= 4 is 12.1 Å². The minimum atomic E-state index is -0.230. The number of carbonyl (C=O) groups is 1. The van der Waals surface area contributed by atoms with E-state index < -0.39 is 0 Å². The molecule has 164 valence electrons. The number of aliphatic imine (C=N–C) groups is 1. The third-order valence-corrected chi connectivity index (χ3v) is 4.89. The number of guanidine groups is 1. The van der Waals surface area contributed by atoms with Crippen LogP contribution in [0.15, 0.2) is 4.99 Å². The van der Waals surface area contributed by atoms with Crippen LogP contribution in [0, 0.1) is 6.92 Å². The summed E-state index contributed by atoms with van der Waals surface area (Å²) in [4.78, 5) is 18.3. The molecular formula is C19H35N7O3. The SMILES string of the molecule is CCOCCCNC(=NCc1nnc(C)n1C)NC1CCN(C(=O)OCC)CC1. The standard InChI is InChI=1S/C19H35N7O3/c1-5-28-13-7-10-20-18(21-14-17-24-23-15(3)25(17)4)22-16-8-11-26(12-9-16)19(27)29-6-2/h16H,5-14H2,1-4H3,(H2,20,21,22). The number of nitrogens with zero attached hydrogens (tertiary/aromatic N) is 5. The molecular weight excluding hydrogens is 374 g/mol. The molecule has 1 aromatic rings. The summed E-state index contributed by atoms with van der Waals surface area (Å²) in [6.07, 6.45) is 2.37. The van der Waals surface area contributed by atoms with Crippen molar-refractivity contribution in [1.82, 2.24) is 30.3 Å². The Morgan fingerprint density at radius 2 is 2.00 bits per heavy atom. The van der Waals surface area contributed by atoms with Crippen LogP contribution in [-0.4, -0.2) is 77.2 Å². The van der Waals surface area contributed by atoms with Crippen molar-refractivity contribution in [1.29, 1.82) is 0 Å². The lowest BCUT2D eigenvalue weighted by Gasteiger charge is -2.32.